The van der Waals surface area contributed by atoms with Crippen LogP contribution in [0.25, 0.3) is 11.1 Å². The van der Waals surface area contributed by atoms with Crippen LogP contribution >= 0.6 is 0 Å². The fourth-order valence-corrected chi connectivity index (χ4v) is 4.15. The van der Waals surface area contributed by atoms with E-state index >= 15 is 0 Å². The standard InChI is InChI=1S/C27H22N2O3/c1-18-15-17-32-25(18)26(30)28-21-12-10-20(11-13-21)27(31)29-16-14-19-6-2-3-7-22(19)23-8-4-5-9-24(23)29/h2-13,15,17H,14,16H2,1H3,(H,28,30). The number of amides is 2. The molecule has 1 N–H and O–H groups in total. The zero-order valence-corrected chi connectivity index (χ0v) is 17.7. The number of fused-ring (bicyclic) bond motifs is 3. The molecule has 158 valence electrons. The summed E-state index contributed by atoms with van der Waals surface area (Å²) in [5, 5.41) is 2.81. The van der Waals surface area contributed by atoms with Crippen LogP contribution in [0.4, 0.5) is 11.4 Å². The Balaban J connectivity index is 1.40. The summed E-state index contributed by atoms with van der Waals surface area (Å²) in [6.45, 7) is 2.42. The van der Waals surface area contributed by atoms with Gasteiger partial charge < -0.3 is 14.6 Å². The zero-order valence-electron chi connectivity index (χ0n) is 17.7. The number of nitrogens with one attached hydrogen (secondary N) is 1. The Morgan fingerprint density at radius 1 is 0.875 bits per heavy atom. The first kappa shape index (κ1) is 19.8. The molecule has 2 amide bonds. The molecule has 3 aromatic carbocycles. The van der Waals surface area contributed by atoms with Gasteiger partial charge in [-0.2, -0.15) is 0 Å². The van der Waals surface area contributed by atoms with Gasteiger partial charge in [-0.15, -0.1) is 0 Å². The van der Waals surface area contributed by atoms with Gasteiger partial charge in [0, 0.05) is 28.9 Å². The fraction of sp³-hybridized carbons (Fsp3) is 0.111. The molecule has 1 aliphatic heterocycles. The van der Waals surface area contributed by atoms with Crippen LogP contribution in [-0.4, -0.2) is 18.4 Å². The maximum absolute atomic E-state index is 13.5. The van der Waals surface area contributed by atoms with E-state index in [1.54, 1.807) is 30.3 Å². The molecule has 0 aliphatic carbocycles. The summed E-state index contributed by atoms with van der Waals surface area (Å²) in [5.41, 5.74) is 6.32. The van der Waals surface area contributed by atoms with Crippen molar-refractivity contribution >= 4 is 23.2 Å². The maximum Gasteiger partial charge on any atom is 0.291 e. The number of furan rings is 1. The van der Waals surface area contributed by atoms with E-state index in [1.807, 2.05) is 42.2 Å². The number of rotatable bonds is 3. The van der Waals surface area contributed by atoms with Crippen molar-refractivity contribution in [1.29, 1.82) is 0 Å². The Morgan fingerprint density at radius 2 is 1.59 bits per heavy atom. The van der Waals surface area contributed by atoms with Gasteiger partial charge in [0.15, 0.2) is 5.76 Å². The molecule has 5 nitrogen and oxygen atoms in total. The van der Waals surface area contributed by atoms with Crippen molar-refractivity contribution in [2.45, 2.75) is 13.3 Å². The SMILES string of the molecule is Cc1ccoc1C(=O)Nc1ccc(C(=O)N2CCc3ccccc3-c3ccccc32)cc1. The van der Waals surface area contributed by atoms with Crippen molar-refractivity contribution in [3.05, 3.63) is 108 Å². The number of nitrogens with zero attached hydrogens (tertiary/aromatic N) is 1. The van der Waals surface area contributed by atoms with Crippen molar-refractivity contribution in [2.24, 2.45) is 0 Å². The number of hydrogen-bond donors (Lipinski definition) is 1. The Hall–Kier alpha value is -4.12. The summed E-state index contributed by atoms with van der Waals surface area (Å²) < 4.78 is 5.24. The van der Waals surface area contributed by atoms with Crippen LogP contribution in [0.5, 0.6) is 0 Å². The lowest BCUT2D eigenvalue weighted by atomic mass is 9.98. The molecule has 32 heavy (non-hydrogen) atoms. The highest BCUT2D eigenvalue weighted by molar-refractivity contribution is 6.09. The summed E-state index contributed by atoms with van der Waals surface area (Å²) in [6, 6.07) is 25.0. The first-order chi connectivity index (χ1) is 15.6. The van der Waals surface area contributed by atoms with Crippen LogP contribution in [0.3, 0.4) is 0 Å². The van der Waals surface area contributed by atoms with Gasteiger partial charge in [0.2, 0.25) is 0 Å². The van der Waals surface area contributed by atoms with E-state index in [0.717, 1.165) is 23.2 Å². The average molecular weight is 422 g/mol. The predicted octanol–water partition coefficient (Wildman–Crippen LogP) is 5.71. The predicted molar refractivity (Wildman–Crippen MR) is 125 cm³/mol. The molecule has 1 aliphatic rings. The van der Waals surface area contributed by atoms with E-state index in [9.17, 15) is 9.59 Å². The molecule has 4 aromatic rings. The molecule has 5 heteroatoms. The van der Waals surface area contributed by atoms with E-state index in [2.05, 4.69) is 23.5 Å². The second-order valence-electron chi connectivity index (χ2n) is 7.85. The Bertz CT molecular complexity index is 1300. The Labute approximate surface area is 186 Å². The van der Waals surface area contributed by atoms with E-state index in [0.29, 0.717) is 17.8 Å². The second kappa shape index (κ2) is 8.19. The van der Waals surface area contributed by atoms with E-state index < -0.39 is 0 Å². The molecule has 0 saturated carbocycles. The van der Waals surface area contributed by atoms with Crippen LogP contribution in [0.2, 0.25) is 0 Å². The lowest BCUT2D eigenvalue weighted by Gasteiger charge is -2.23. The normalized spacial score (nSPS) is 12.5. The van der Waals surface area contributed by atoms with E-state index in [1.165, 1.54) is 17.4 Å². The van der Waals surface area contributed by atoms with Crippen molar-refractivity contribution in [2.75, 3.05) is 16.8 Å². The van der Waals surface area contributed by atoms with Gasteiger partial charge in [-0.3, -0.25) is 9.59 Å². The summed E-state index contributed by atoms with van der Waals surface area (Å²) in [7, 11) is 0. The monoisotopic (exact) mass is 422 g/mol. The quantitative estimate of drug-likeness (QED) is 0.460. The molecule has 0 fully saturated rings. The van der Waals surface area contributed by atoms with Crippen molar-refractivity contribution < 1.29 is 14.0 Å². The van der Waals surface area contributed by atoms with E-state index in [4.69, 9.17) is 4.42 Å². The summed E-state index contributed by atoms with van der Waals surface area (Å²) in [5.74, 6) is -0.0957. The third-order valence-electron chi connectivity index (χ3n) is 5.81. The lowest BCUT2D eigenvalue weighted by molar-refractivity contribution is 0.0984. The average Bonchev–Trinajstić information content (AvgIpc) is 3.18. The van der Waals surface area contributed by atoms with Crippen LogP contribution in [0.1, 0.15) is 32.0 Å². The number of carbonyl (C=O) groups excluding carboxylic acids is 2. The highest BCUT2D eigenvalue weighted by Gasteiger charge is 2.24. The van der Waals surface area contributed by atoms with Crippen LogP contribution in [-0.2, 0) is 6.42 Å². The highest BCUT2D eigenvalue weighted by Crippen LogP contribution is 2.36. The van der Waals surface area contributed by atoms with Gasteiger partial charge >= 0.3 is 0 Å². The molecular formula is C27H22N2O3. The number of para-hydroxylation sites is 1. The summed E-state index contributed by atoms with van der Waals surface area (Å²) in [4.78, 5) is 27.7. The van der Waals surface area contributed by atoms with Crippen LogP contribution in [0, 0.1) is 6.92 Å². The molecule has 1 aromatic heterocycles. The highest BCUT2D eigenvalue weighted by atomic mass is 16.3. The lowest BCUT2D eigenvalue weighted by Crippen LogP contribution is -2.32. The molecule has 0 atom stereocenters. The second-order valence-corrected chi connectivity index (χ2v) is 7.85. The molecule has 0 saturated heterocycles. The molecule has 5 rings (SSSR count). The number of carbonyl (C=O) groups is 2. The number of anilines is 2. The molecule has 0 radical (unpaired) electrons. The van der Waals surface area contributed by atoms with Crippen LogP contribution < -0.4 is 10.2 Å². The first-order valence-corrected chi connectivity index (χ1v) is 10.6. The summed E-state index contributed by atoms with van der Waals surface area (Å²) in [6.07, 6.45) is 2.27. The third kappa shape index (κ3) is 3.58. The largest absolute Gasteiger partial charge is 0.459 e. The number of benzene rings is 3. The van der Waals surface area contributed by atoms with E-state index in [-0.39, 0.29) is 17.6 Å². The maximum atomic E-state index is 13.5. The van der Waals surface area contributed by atoms with Crippen LogP contribution in [0.15, 0.2) is 89.5 Å². The fourth-order valence-electron chi connectivity index (χ4n) is 4.15. The Kier molecular flexibility index (Phi) is 5.07. The number of aryl methyl sites for hydroxylation is 1. The smallest absolute Gasteiger partial charge is 0.291 e. The third-order valence-corrected chi connectivity index (χ3v) is 5.81. The van der Waals surface area contributed by atoms with Gasteiger partial charge in [0.25, 0.3) is 11.8 Å². The molecule has 0 spiro atoms. The molecule has 2 heterocycles. The van der Waals surface area contributed by atoms with Gasteiger partial charge in [-0.1, -0.05) is 42.5 Å². The van der Waals surface area contributed by atoms with Crippen molar-refractivity contribution in [1.82, 2.24) is 0 Å². The summed E-state index contributed by atoms with van der Waals surface area (Å²) >= 11 is 0. The van der Waals surface area contributed by atoms with Gasteiger partial charge in [0.1, 0.15) is 0 Å². The molecule has 0 bridgehead atoms. The van der Waals surface area contributed by atoms with Gasteiger partial charge in [-0.25, -0.2) is 0 Å². The minimum absolute atomic E-state index is 0.0648. The first-order valence-electron chi connectivity index (χ1n) is 10.6. The topological polar surface area (TPSA) is 62.6 Å². The van der Waals surface area contributed by atoms with Gasteiger partial charge in [0.05, 0.1) is 12.0 Å². The zero-order chi connectivity index (χ0) is 22.1. The van der Waals surface area contributed by atoms with Crippen molar-refractivity contribution in [3.8, 4) is 11.1 Å². The minimum Gasteiger partial charge on any atom is -0.459 e. The molecular weight excluding hydrogens is 400 g/mol. The Morgan fingerprint density at radius 3 is 2.34 bits per heavy atom. The van der Waals surface area contributed by atoms with Crippen molar-refractivity contribution in [3.63, 3.8) is 0 Å². The minimum atomic E-state index is -0.314. The molecule has 0 unspecified atom stereocenters. The number of hydrogen-bond acceptors (Lipinski definition) is 3. The van der Waals surface area contributed by atoms with Gasteiger partial charge in [-0.05, 0) is 60.9 Å².